The normalized spacial score (nSPS) is 17.9. The van der Waals surface area contributed by atoms with Crippen molar-refractivity contribution >= 4 is 23.5 Å². The molecule has 2 fully saturated rings. The second-order valence-electron chi connectivity index (χ2n) is 7.47. The molecular formula is C20H26N4O2S. The van der Waals surface area contributed by atoms with E-state index in [1.807, 2.05) is 24.3 Å². The van der Waals surface area contributed by atoms with Crippen molar-refractivity contribution in [3.63, 3.8) is 0 Å². The fourth-order valence-corrected chi connectivity index (χ4v) is 4.41. The van der Waals surface area contributed by atoms with Gasteiger partial charge in [0.1, 0.15) is 5.75 Å². The van der Waals surface area contributed by atoms with Gasteiger partial charge >= 0.3 is 0 Å². The number of nitrogens with zero attached hydrogens (tertiary/aromatic N) is 4. The minimum atomic E-state index is 0.0520. The van der Waals surface area contributed by atoms with Crippen LogP contribution in [0.3, 0.4) is 0 Å². The van der Waals surface area contributed by atoms with Gasteiger partial charge in [-0.25, -0.2) is 0 Å². The van der Waals surface area contributed by atoms with Crippen molar-refractivity contribution in [1.29, 1.82) is 0 Å². The summed E-state index contributed by atoms with van der Waals surface area (Å²) in [5.74, 6) is 2.77. The number of hydrogen-bond donors (Lipinski definition) is 0. The highest BCUT2D eigenvalue weighted by molar-refractivity contribution is 7.99. The van der Waals surface area contributed by atoms with Crippen LogP contribution in [0.1, 0.15) is 49.0 Å². The Balaban J connectivity index is 1.48. The summed E-state index contributed by atoms with van der Waals surface area (Å²) < 4.78 is 7.57. The first-order valence-corrected chi connectivity index (χ1v) is 10.6. The van der Waals surface area contributed by atoms with Crippen molar-refractivity contribution < 1.29 is 9.53 Å². The molecule has 7 heteroatoms. The Kier molecular flexibility index (Phi) is 5.38. The Hall–Kier alpha value is -2.02. The minimum absolute atomic E-state index is 0.0520. The number of para-hydroxylation sites is 1. The molecule has 1 aliphatic carbocycles. The Bertz CT molecular complexity index is 810. The van der Waals surface area contributed by atoms with E-state index in [0.29, 0.717) is 23.1 Å². The van der Waals surface area contributed by atoms with Crippen LogP contribution in [0, 0.1) is 5.92 Å². The Morgan fingerprint density at radius 3 is 2.63 bits per heavy atom. The third-order valence-corrected chi connectivity index (χ3v) is 6.31. The molecule has 1 aromatic carbocycles. The summed E-state index contributed by atoms with van der Waals surface area (Å²) >= 11 is 1.48. The lowest BCUT2D eigenvalue weighted by Crippen LogP contribution is -2.34. The molecule has 0 bridgehead atoms. The lowest BCUT2D eigenvalue weighted by Gasteiger charge is -2.31. The molecule has 1 saturated heterocycles. The zero-order valence-electron chi connectivity index (χ0n) is 15.9. The summed E-state index contributed by atoms with van der Waals surface area (Å²) in [7, 11) is 1.59. The first-order valence-electron chi connectivity index (χ1n) is 9.66. The van der Waals surface area contributed by atoms with Crippen LogP contribution in [0.2, 0.25) is 0 Å². The standard InChI is InChI=1S/C20H26N4O2S/c1-14-9-11-23(12-10-14)19-21-22-20(24(19)15-7-8-15)27-13-17(25)16-5-3-4-6-18(16)26-2/h3-6,14-15H,7-13H2,1-2H3. The molecule has 0 unspecified atom stereocenters. The summed E-state index contributed by atoms with van der Waals surface area (Å²) in [6, 6.07) is 7.85. The first-order chi connectivity index (χ1) is 13.2. The van der Waals surface area contributed by atoms with Crippen LogP contribution in [0.25, 0.3) is 0 Å². The topological polar surface area (TPSA) is 60.2 Å². The Labute approximate surface area is 164 Å². The molecule has 1 aliphatic heterocycles. The van der Waals surface area contributed by atoms with Crippen molar-refractivity contribution in [3.05, 3.63) is 29.8 Å². The molecular weight excluding hydrogens is 360 g/mol. The van der Waals surface area contributed by atoms with Crippen LogP contribution in [0.4, 0.5) is 5.95 Å². The highest BCUT2D eigenvalue weighted by Gasteiger charge is 2.32. The third-order valence-electron chi connectivity index (χ3n) is 5.36. The molecule has 0 atom stereocenters. The number of piperidine rings is 1. The highest BCUT2D eigenvalue weighted by Crippen LogP contribution is 2.41. The number of ether oxygens (including phenoxy) is 1. The maximum atomic E-state index is 12.7. The number of hydrogen-bond acceptors (Lipinski definition) is 6. The van der Waals surface area contributed by atoms with Gasteiger partial charge in [-0.2, -0.15) is 0 Å². The van der Waals surface area contributed by atoms with Gasteiger partial charge in [0.25, 0.3) is 0 Å². The van der Waals surface area contributed by atoms with Crippen molar-refractivity contribution in [2.45, 2.75) is 43.8 Å². The number of Topliss-reactive ketones (excluding diaryl/α,β-unsaturated/α-hetero) is 1. The second kappa shape index (κ2) is 7.92. The smallest absolute Gasteiger partial charge is 0.228 e. The zero-order chi connectivity index (χ0) is 18.8. The van der Waals surface area contributed by atoms with E-state index in [4.69, 9.17) is 4.74 Å². The van der Waals surface area contributed by atoms with E-state index in [0.717, 1.165) is 30.1 Å². The molecule has 0 amide bonds. The average Bonchev–Trinajstić information content (AvgIpc) is 3.46. The van der Waals surface area contributed by atoms with Crippen molar-refractivity contribution in [2.75, 3.05) is 30.9 Å². The van der Waals surface area contributed by atoms with Gasteiger partial charge in [0, 0.05) is 19.1 Å². The molecule has 2 aliphatic rings. The molecule has 1 aromatic heterocycles. The monoisotopic (exact) mass is 386 g/mol. The maximum absolute atomic E-state index is 12.7. The summed E-state index contributed by atoms with van der Waals surface area (Å²) in [6.07, 6.45) is 4.74. The van der Waals surface area contributed by atoms with Gasteiger partial charge in [-0.15, -0.1) is 10.2 Å². The summed E-state index contributed by atoms with van der Waals surface area (Å²) in [6.45, 7) is 4.39. The largest absolute Gasteiger partial charge is 0.496 e. The fourth-order valence-electron chi connectivity index (χ4n) is 3.53. The lowest BCUT2D eigenvalue weighted by molar-refractivity contribution is 0.101. The van der Waals surface area contributed by atoms with E-state index in [1.54, 1.807) is 7.11 Å². The molecule has 2 aromatic rings. The van der Waals surface area contributed by atoms with E-state index in [9.17, 15) is 4.79 Å². The highest BCUT2D eigenvalue weighted by atomic mass is 32.2. The van der Waals surface area contributed by atoms with Crippen molar-refractivity contribution in [1.82, 2.24) is 14.8 Å². The van der Waals surface area contributed by atoms with E-state index >= 15 is 0 Å². The van der Waals surface area contributed by atoms with Crippen LogP contribution in [-0.2, 0) is 0 Å². The molecule has 0 radical (unpaired) electrons. The summed E-state index contributed by atoms with van der Waals surface area (Å²) in [5, 5.41) is 9.78. The molecule has 144 valence electrons. The van der Waals surface area contributed by atoms with E-state index in [2.05, 4.69) is 26.6 Å². The van der Waals surface area contributed by atoms with Crippen LogP contribution >= 0.6 is 11.8 Å². The van der Waals surface area contributed by atoms with E-state index in [-0.39, 0.29) is 5.78 Å². The van der Waals surface area contributed by atoms with Crippen LogP contribution in [0.5, 0.6) is 5.75 Å². The van der Waals surface area contributed by atoms with Gasteiger partial charge in [0.05, 0.1) is 18.4 Å². The molecule has 1 saturated carbocycles. The van der Waals surface area contributed by atoms with Crippen LogP contribution < -0.4 is 9.64 Å². The van der Waals surface area contributed by atoms with Crippen LogP contribution in [0.15, 0.2) is 29.4 Å². The number of ketones is 1. The van der Waals surface area contributed by atoms with Gasteiger partial charge in [0.2, 0.25) is 5.95 Å². The molecule has 6 nitrogen and oxygen atoms in total. The number of aromatic nitrogens is 3. The number of carbonyl (C=O) groups excluding carboxylic acids is 1. The molecule has 0 N–H and O–H groups in total. The predicted molar refractivity (Wildman–Crippen MR) is 107 cm³/mol. The number of carbonyl (C=O) groups is 1. The first kappa shape index (κ1) is 18.3. The SMILES string of the molecule is COc1ccccc1C(=O)CSc1nnc(N2CCC(C)CC2)n1C1CC1. The number of rotatable bonds is 7. The predicted octanol–water partition coefficient (Wildman–Crippen LogP) is 3.83. The average molecular weight is 387 g/mol. The fraction of sp³-hybridized carbons (Fsp3) is 0.550. The molecule has 27 heavy (non-hydrogen) atoms. The summed E-state index contributed by atoms with van der Waals surface area (Å²) in [4.78, 5) is 15.0. The minimum Gasteiger partial charge on any atom is -0.496 e. The number of thioether (sulfide) groups is 1. The van der Waals surface area contributed by atoms with Crippen LogP contribution in [-0.4, -0.2) is 46.5 Å². The van der Waals surface area contributed by atoms with E-state index in [1.165, 1.54) is 37.4 Å². The van der Waals surface area contributed by atoms with Gasteiger partial charge in [0.15, 0.2) is 10.9 Å². The second-order valence-corrected chi connectivity index (χ2v) is 8.41. The van der Waals surface area contributed by atoms with Crippen molar-refractivity contribution in [2.24, 2.45) is 5.92 Å². The molecule has 4 rings (SSSR count). The lowest BCUT2D eigenvalue weighted by atomic mass is 10.00. The maximum Gasteiger partial charge on any atom is 0.228 e. The Morgan fingerprint density at radius 2 is 1.93 bits per heavy atom. The number of methoxy groups -OCH3 is 1. The Morgan fingerprint density at radius 1 is 1.19 bits per heavy atom. The third kappa shape index (κ3) is 3.98. The molecule has 2 heterocycles. The molecule has 0 spiro atoms. The van der Waals surface area contributed by atoms with Gasteiger partial charge in [-0.05, 0) is 43.7 Å². The van der Waals surface area contributed by atoms with E-state index < -0.39 is 0 Å². The van der Waals surface area contributed by atoms with Gasteiger partial charge in [-0.3, -0.25) is 9.36 Å². The number of benzene rings is 1. The van der Waals surface area contributed by atoms with Crippen molar-refractivity contribution in [3.8, 4) is 5.75 Å². The number of anilines is 1. The van der Waals surface area contributed by atoms with Gasteiger partial charge in [-0.1, -0.05) is 30.8 Å². The quantitative estimate of drug-likeness (QED) is 0.532. The van der Waals surface area contributed by atoms with Gasteiger partial charge < -0.3 is 9.64 Å². The summed E-state index contributed by atoms with van der Waals surface area (Å²) in [5.41, 5.74) is 0.621. The zero-order valence-corrected chi connectivity index (χ0v) is 16.7.